The van der Waals surface area contributed by atoms with Crippen molar-refractivity contribution in [3.63, 3.8) is 0 Å². The van der Waals surface area contributed by atoms with Crippen LogP contribution in [0.1, 0.15) is 42.9 Å². The van der Waals surface area contributed by atoms with Gasteiger partial charge in [0, 0.05) is 32.3 Å². The molecule has 1 atom stereocenters. The average molecular weight is 302 g/mol. The monoisotopic (exact) mass is 302 g/mol. The zero-order chi connectivity index (χ0) is 15.4. The SMILES string of the molecule is O=C(CN(CCCO)C1CCc2ccccc21)N1CCCC1. The highest BCUT2D eigenvalue weighted by atomic mass is 16.3. The molecule has 3 rings (SSSR count). The van der Waals surface area contributed by atoms with E-state index in [1.54, 1.807) is 0 Å². The van der Waals surface area contributed by atoms with Crippen molar-refractivity contribution in [2.75, 3.05) is 32.8 Å². The van der Waals surface area contributed by atoms with Crippen LogP contribution in [0.15, 0.2) is 24.3 Å². The second-order valence-corrected chi connectivity index (χ2v) is 6.39. The van der Waals surface area contributed by atoms with Gasteiger partial charge in [-0.2, -0.15) is 0 Å². The van der Waals surface area contributed by atoms with Crippen LogP contribution in [0.4, 0.5) is 0 Å². The normalized spacial score (nSPS) is 20.6. The summed E-state index contributed by atoms with van der Waals surface area (Å²) in [5, 5.41) is 9.18. The standard InChI is InChI=1S/C18H26N2O2/c21-13-5-12-20(14-18(22)19-10-3-4-11-19)17-9-8-15-6-1-2-7-16(15)17/h1-2,6-7,17,21H,3-5,8-14H2. The van der Waals surface area contributed by atoms with Crippen molar-refractivity contribution in [3.05, 3.63) is 35.4 Å². The van der Waals surface area contributed by atoms with Crippen molar-refractivity contribution < 1.29 is 9.90 Å². The first kappa shape index (κ1) is 15.5. The lowest BCUT2D eigenvalue weighted by Gasteiger charge is -2.30. The van der Waals surface area contributed by atoms with E-state index in [9.17, 15) is 9.90 Å². The molecule has 1 saturated heterocycles. The third-order valence-corrected chi connectivity index (χ3v) is 4.94. The summed E-state index contributed by atoms with van der Waals surface area (Å²) in [4.78, 5) is 16.8. The van der Waals surface area contributed by atoms with Crippen molar-refractivity contribution in [2.45, 2.75) is 38.1 Å². The van der Waals surface area contributed by atoms with E-state index in [1.165, 1.54) is 11.1 Å². The summed E-state index contributed by atoms with van der Waals surface area (Å²) in [5.41, 5.74) is 2.78. The molecule has 1 aromatic carbocycles. The second-order valence-electron chi connectivity index (χ2n) is 6.39. The Hall–Kier alpha value is -1.39. The Labute approximate surface area is 132 Å². The number of aryl methyl sites for hydroxylation is 1. The van der Waals surface area contributed by atoms with E-state index in [4.69, 9.17) is 0 Å². The Kier molecular flexibility index (Phi) is 5.11. The highest BCUT2D eigenvalue weighted by Gasteiger charge is 2.30. The van der Waals surface area contributed by atoms with Gasteiger partial charge < -0.3 is 10.0 Å². The van der Waals surface area contributed by atoms with Gasteiger partial charge in [0.15, 0.2) is 0 Å². The molecular weight excluding hydrogens is 276 g/mol. The molecule has 1 heterocycles. The molecule has 4 nitrogen and oxygen atoms in total. The zero-order valence-electron chi connectivity index (χ0n) is 13.2. The third kappa shape index (κ3) is 3.33. The number of likely N-dealkylation sites (tertiary alicyclic amines) is 1. The van der Waals surface area contributed by atoms with Gasteiger partial charge >= 0.3 is 0 Å². The van der Waals surface area contributed by atoms with Crippen LogP contribution >= 0.6 is 0 Å². The Morgan fingerprint density at radius 3 is 2.82 bits per heavy atom. The highest BCUT2D eigenvalue weighted by Crippen LogP contribution is 2.35. The molecule has 1 N–H and O–H groups in total. The molecule has 1 fully saturated rings. The number of rotatable bonds is 6. The van der Waals surface area contributed by atoms with E-state index in [0.29, 0.717) is 12.6 Å². The maximum absolute atomic E-state index is 12.5. The van der Waals surface area contributed by atoms with E-state index in [1.807, 2.05) is 4.90 Å². The van der Waals surface area contributed by atoms with Crippen molar-refractivity contribution >= 4 is 5.91 Å². The molecule has 0 spiro atoms. The Bertz CT molecular complexity index is 512. The van der Waals surface area contributed by atoms with Crippen LogP contribution < -0.4 is 0 Å². The number of carbonyl (C=O) groups excluding carboxylic acids is 1. The Balaban J connectivity index is 1.71. The fraction of sp³-hybridized carbons (Fsp3) is 0.611. The lowest BCUT2D eigenvalue weighted by Crippen LogP contribution is -2.40. The van der Waals surface area contributed by atoms with Gasteiger partial charge in [0.05, 0.1) is 6.54 Å². The predicted molar refractivity (Wildman–Crippen MR) is 86.6 cm³/mol. The number of amides is 1. The van der Waals surface area contributed by atoms with Crippen LogP contribution in [-0.4, -0.2) is 53.6 Å². The average Bonchev–Trinajstić information content (AvgIpc) is 3.20. The first-order valence-electron chi connectivity index (χ1n) is 8.50. The largest absolute Gasteiger partial charge is 0.396 e. The number of nitrogens with zero attached hydrogens (tertiary/aromatic N) is 2. The molecule has 4 heteroatoms. The number of hydrogen-bond donors (Lipinski definition) is 1. The smallest absolute Gasteiger partial charge is 0.236 e. The van der Waals surface area contributed by atoms with Crippen molar-refractivity contribution in [1.82, 2.24) is 9.80 Å². The summed E-state index contributed by atoms with van der Waals surface area (Å²) in [6.07, 6.45) is 5.17. The van der Waals surface area contributed by atoms with Gasteiger partial charge in [-0.15, -0.1) is 0 Å². The van der Waals surface area contributed by atoms with Crippen LogP contribution in [0.2, 0.25) is 0 Å². The van der Waals surface area contributed by atoms with Gasteiger partial charge in [0.1, 0.15) is 0 Å². The second kappa shape index (κ2) is 7.25. The molecule has 1 amide bonds. The molecule has 1 unspecified atom stereocenters. The first-order chi connectivity index (χ1) is 10.8. The molecule has 22 heavy (non-hydrogen) atoms. The summed E-state index contributed by atoms with van der Waals surface area (Å²) in [6, 6.07) is 8.90. The molecule has 1 aliphatic carbocycles. The van der Waals surface area contributed by atoms with Crippen LogP contribution in [0.3, 0.4) is 0 Å². The number of carbonyl (C=O) groups is 1. The van der Waals surface area contributed by atoms with Crippen LogP contribution in [0, 0.1) is 0 Å². The Morgan fingerprint density at radius 2 is 2.05 bits per heavy atom. The minimum atomic E-state index is 0.183. The molecule has 0 bridgehead atoms. The molecule has 0 aromatic heterocycles. The van der Waals surface area contributed by atoms with Gasteiger partial charge in [-0.3, -0.25) is 9.69 Å². The van der Waals surface area contributed by atoms with Gasteiger partial charge in [-0.25, -0.2) is 0 Å². The lowest BCUT2D eigenvalue weighted by atomic mass is 10.1. The highest BCUT2D eigenvalue weighted by molar-refractivity contribution is 5.78. The molecule has 120 valence electrons. The summed E-state index contributed by atoms with van der Waals surface area (Å²) in [6.45, 7) is 3.28. The summed E-state index contributed by atoms with van der Waals surface area (Å²) >= 11 is 0. The first-order valence-corrected chi connectivity index (χ1v) is 8.50. The number of aliphatic hydroxyl groups excluding tert-OH is 1. The molecule has 1 aliphatic heterocycles. The zero-order valence-corrected chi connectivity index (χ0v) is 13.2. The molecule has 0 radical (unpaired) electrons. The fourth-order valence-corrected chi connectivity index (χ4v) is 3.77. The van der Waals surface area contributed by atoms with E-state index in [-0.39, 0.29) is 12.5 Å². The number of fused-ring (bicyclic) bond motifs is 1. The summed E-state index contributed by atoms with van der Waals surface area (Å²) in [5.74, 6) is 0.250. The number of hydrogen-bond acceptors (Lipinski definition) is 3. The molecular formula is C18H26N2O2. The summed E-state index contributed by atoms with van der Waals surface area (Å²) in [7, 11) is 0. The van der Waals surface area contributed by atoms with E-state index >= 15 is 0 Å². The van der Waals surface area contributed by atoms with Crippen molar-refractivity contribution in [3.8, 4) is 0 Å². The molecule has 0 saturated carbocycles. The predicted octanol–water partition coefficient (Wildman–Crippen LogP) is 1.98. The molecule has 2 aliphatic rings. The quantitative estimate of drug-likeness (QED) is 0.874. The maximum Gasteiger partial charge on any atom is 0.236 e. The molecule has 1 aromatic rings. The minimum Gasteiger partial charge on any atom is -0.396 e. The lowest BCUT2D eigenvalue weighted by molar-refractivity contribution is -0.132. The van der Waals surface area contributed by atoms with Gasteiger partial charge in [0.2, 0.25) is 5.91 Å². The van der Waals surface area contributed by atoms with Crippen molar-refractivity contribution in [1.29, 1.82) is 0 Å². The Morgan fingerprint density at radius 1 is 1.27 bits per heavy atom. The van der Waals surface area contributed by atoms with Gasteiger partial charge in [0.25, 0.3) is 0 Å². The van der Waals surface area contributed by atoms with E-state index in [2.05, 4.69) is 29.2 Å². The van der Waals surface area contributed by atoms with Gasteiger partial charge in [-0.05, 0) is 43.2 Å². The number of aliphatic hydroxyl groups is 1. The summed E-state index contributed by atoms with van der Waals surface area (Å²) < 4.78 is 0. The third-order valence-electron chi connectivity index (χ3n) is 4.94. The number of benzene rings is 1. The van der Waals surface area contributed by atoms with E-state index < -0.39 is 0 Å². The topological polar surface area (TPSA) is 43.8 Å². The fourth-order valence-electron chi connectivity index (χ4n) is 3.77. The van der Waals surface area contributed by atoms with Crippen molar-refractivity contribution in [2.24, 2.45) is 0 Å². The van der Waals surface area contributed by atoms with E-state index in [0.717, 1.165) is 51.7 Å². The maximum atomic E-state index is 12.5. The minimum absolute atomic E-state index is 0.183. The van der Waals surface area contributed by atoms with Crippen LogP contribution in [0.25, 0.3) is 0 Å². The van der Waals surface area contributed by atoms with Crippen LogP contribution in [0.5, 0.6) is 0 Å². The van der Waals surface area contributed by atoms with Crippen LogP contribution in [-0.2, 0) is 11.2 Å². The van der Waals surface area contributed by atoms with Gasteiger partial charge in [-0.1, -0.05) is 24.3 Å².